The molecule has 1 unspecified atom stereocenters. The fourth-order valence-corrected chi connectivity index (χ4v) is 2.31. The highest BCUT2D eigenvalue weighted by Crippen LogP contribution is 2.35. The summed E-state index contributed by atoms with van der Waals surface area (Å²) in [4.78, 5) is 0. The minimum Gasteiger partial charge on any atom is -0.388 e. The fraction of sp³-hybridized carbons (Fsp3) is 0.571. The van der Waals surface area contributed by atoms with E-state index in [0.29, 0.717) is 0 Å². The van der Waals surface area contributed by atoms with Gasteiger partial charge in [-0.05, 0) is 42.9 Å². The molecule has 1 saturated carbocycles. The van der Waals surface area contributed by atoms with Gasteiger partial charge in [0, 0.05) is 0 Å². The van der Waals surface area contributed by atoms with E-state index >= 15 is 0 Å². The average Bonchev–Trinajstić information content (AvgIpc) is 2.15. The Morgan fingerprint density at radius 2 is 2.07 bits per heavy atom. The second-order valence-corrected chi connectivity index (χ2v) is 4.84. The van der Waals surface area contributed by atoms with Crippen molar-refractivity contribution < 1.29 is 5.11 Å². The smallest absolute Gasteiger partial charge is 0.0795 e. The summed E-state index contributed by atoms with van der Waals surface area (Å²) in [5, 5.41) is 10.2. The molecule has 0 radical (unpaired) electrons. The molecule has 82 valence electrons. The van der Waals surface area contributed by atoms with E-state index in [1.807, 2.05) is 6.07 Å². The highest BCUT2D eigenvalue weighted by atomic mass is 16.3. The number of hydrogen-bond donors (Lipinski definition) is 1. The fourth-order valence-electron chi connectivity index (χ4n) is 2.31. The molecular formula is C14H20O. The lowest BCUT2D eigenvalue weighted by Gasteiger charge is -2.28. The first-order chi connectivity index (χ1) is 7.18. The molecule has 0 aromatic heterocycles. The van der Waals surface area contributed by atoms with Gasteiger partial charge < -0.3 is 5.11 Å². The molecule has 1 fully saturated rings. The van der Waals surface area contributed by atoms with Crippen LogP contribution >= 0.6 is 0 Å². The van der Waals surface area contributed by atoms with Crippen LogP contribution in [-0.2, 0) is 0 Å². The van der Waals surface area contributed by atoms with E-state index in [1.165, 1.54) is 30.4 Å². The number of aliphatic hydroxyl groups is 1. The lowest BCUT2D eigenvalue weighted by molar-refractivity contribution is 0.118. The van der Waals surface area contributed by atoms with E-state index in [-0.39, 0.29) is 6.10 Å². The third-order valence-electron chi connectivity index (χ3n) is 3.79. The van der Waals surface area contributed by atoms with Gasteiger partial charge in [-0.1, -0.05) is 37.5 Å². The van der Waals surface area contributed by atoms with Gasteiger partial charge in [-0.15, -0.1) is 0 Å². The standard InChI is InChI=1S/C14H20O/c1-10-5-3-8-13(11(10)2)14(15)9-12-6-4-7-12/h3,5,8,12,14-15H,4,6-7,9H2,1-2H3. The van der Waals surface area contributed by atoms with Crippen LogP contribution < -0.4 is 0 Å². The maximum absolute atomic E-state index is 10.2. The quantitative estimate of drug-likeness (QED) is 0.798. The van der Waals surface area contributed by atoms with Crippen molar-refractivity contribution in [1.29, 1.82) is 0 Å². The molecule has 1 aliphatic rings. The van der Waals surface area contributed by atoms with Crippen molar-refractivity contribution in [3.05, 3.63) is 34.9 Å². The second kappa shape index (κ2) is 4.36. The molecule has 1 aliphatic carbocycles. The third kappa shape index (κ3) is 2.23. The molecule has 1 atom stereocenters. The zero-order chi connectivity index (χ0) is 10.8. The third-order valence-corrected chi connectivity index (χ3v) is 3.79. The number of aryl methyl sites for hydroxylation is 1. The van der Waals surface area contributed by atoms with Gasteiger partial charge in [0.05, 0.1) is 6.10 Å². The predicted molar refractivity (Wildman–Crippen MR) is 62.8 cm³/mol. The first kappa shape index (κ1) is 10.7. The van der Waals surface area contributed by atoms with E-state index < -0.39 is 0 Å². The molecule has 1 aromatic rings. The van der Waals surface area contributed by atoms with Crippen LogP contribution in [0.3, 0.4) is 0 Å². The van der Waals surface area contributed by atoms with E-state index in [2.05, 4.69) is 26.0 Å². The zero-order valence-electron chi connectivity index (χ0n) is 9.66. The van der Waals surface area contributed by atoms with E-state index in [0.717, 1.165) is 17.9 Å². The van der Waals surface area contributed by atoms with E-state index in [9.17, 15) is 5.11 Å². The maximum atomic E-state index is 10.2. The number of hydrogen-bond acceptors (Lipinski definition) is 1. The summed E-state index contributed by atoms with van der Waals surface area (Å²) in [6.45, 7) is 4.21. The summed E-state index contributed by atoms with van der Waals surface area (Å²) in [6.07, 6.45) is 4.66. The Morgan fingerprint density at radius 3 is 2.67 bits per heavy atom. The number of rotatable bonds is 3. The van der Waals surface area contributed by atoms with Crippen LogP contribution in [0.15, 0.2) is 18.2 Å². The SMILES string of the molecule is Cc1cccc(C(O)CC2CCC2)c1C. The number of benzene rings is 1. The Balaban J connectivity index is 2.09. The molecule has 2 rings (SSSR count). The van der Waals surface area contributed by atoms with Gasteiger partial charge in [0.2, 0.25) is 0 Å². The minimum atomic E-state index is -0.254. The molecule has 0 saturated heterocycles. The first-order valence-electron chi connectivity index (χ1n) is 5.92. The normalized spacial score (nSPS) is 18.6. The molecule has 0 amide bonds. The highest BCUT2D eigenvalue weighted by Gasteiger charge is 2.22. The van der Waals surface area contributed by atoms with Gasteiger partial charge in [0.1, 0.15) is 0 Å². The van der Waals surface area contributed by atoms with Gasteiger partial charge in [-0.25, -0.2) is 0 Å². The van der Waals surface area contributed by atoms with Crippen molar-refractivity contribution in [2.75, 3.05) is 0 Å². The Bertz CT molecular complexity index is 339. The van der Waals surface area contributed by atoms with Gasteiger partial charge in [-0.2, -0.15) is 0 Å². The van der Waals surface area contributed by atoms with E-state index in [1.54, 1.807) is 0 Å². The lowest BCUT2D eigenvalue weighted by atomic mass is 9.80. The number of aliphatic hydroxyl groups excluding tert-OH is 1. The second-order valence-electron chi connectivity index (χ2n) is 4.84. The van der Waals surface area contributed by atoms with Crippen LogP contribution in [0.1, 0.15) is 48.5 Å². The highest BCUT2D eigenvalue weighted by molar-refractivity contribution is 5.34. The molecule has 1 nitrogen and oxygen atoms in total. The summed E-state index contributed by atoms with van der Waals surface area (Å²) >= 11 is 0. The summed E-state index contributed by atoms with van der Waals surface area (Å²) in [5.41, 5.74) is 3.66. The molecule has 0 heterocycles. The molecule has 0 spiro atoms. The van der Waals surface area contributed by atoms with Crippen LogP contribution in [0.25, 0.3) is 0 Å². The molecular weight excluding hydrogens is 184 g/mol. The van der Waals surface area contributed by atoms with Crippen LogP contribution in [0.4, 0.5) is 0 Å². The monoisotopic (exact) mass is 204 g/mol. The van der Waals surface area contributed by atoms with Crippen LogP contribution in [0, 0.1) is 19.8 Å². The van der Waals surface area contributed by atoms with Crippen molar-refractivity contribution in [2.45, 2.75) is 45.6 Å². The Labute approximate surface area is 92.1 Å². The van der Waals surface area contributed by atoms with Crippen molar-refractivity contribution in [3.63, 3.8) is 0 Å². The predicted octanol–water partition coefficient (Wildman–Crippen LogP) is 3.53. The van der Waals surface area contributed by atoms with Gasteiger partial charge in [0.25, 0.3) is 0 Å². The largest absolute Gasteiger partial charge is 0.388 e. The average molecular weight is 204 g/mol. The van der Waals surface area contributed by atoms with Crippen molar-refractivity contribution in [2.24, 2.45) is 5.92 Å². The van der Waals surface area contributed by atoms with Crippen LogP contribution in [0.2, 0.25) is 0 Å². The Kier molecular flexibility index (Phi) is 3.11. The van der Waals surface area contributed by atoms with Crippen molar-refractivity contribution >= 4 is 0 Å². The Morgan fingerprint density at radius 1 is 1.33 bits per heavy atom. The summed E-state index contributed by atoms with van der Waals surface area (Å²) in [6, 6.07) is 6.21. The molecule has 0 aliphatic heterocycles. The summed E-state index contributed by atoms with van der Waals surface area (Å²) in [7, 11) is 0. The van der Waals surface area contributed by atoms with Crippen molar-refractivity contribution in [1.82, 2.24) is 0 Å². The first-order valence-corrected chi connectivity index (χ1v) is 5.92. The molecule has 15 heavy (non-hydrogen) atoms. The molecule has 1 heteroatoms. The van der Waals surface area contributed by atoms with Crippen LogP contribution in [0.5, 0.6) is 0 Å². The lowest BCUT2D eigenvalue weighted by Crippen LogP contribution is -2.15. The van der Waals surface area contributed by atoms with Gasteiger partial charge in [0.15, 0.2) is 0 Å². The maximum Gasteiger partial charge on any atom is 0.0795 e. The minimum absolute atomic E-state index is 0.254. The Hall–Kier alpha value is -0.820. The molecule has 0 bridgehead atoms. The zero-order valence-corrected chi connectivity index (χ0v) is 9.66. The topological polar surface area (TPSA) is 20.2 Å². The van der Waals surface area contributed by atoms with Gasteiger partial charge in [-0.3, -0.25) is 0 Å². The van der Waals surface area contributed by atoms with Crippen molar-refractivity contribution in [3.8, 4) is 0 Å². The summed E-state index contributed by atoms with van der Waals surface area (Å²) < 4.78 is 0. The van der Waals surface area contributed by atoms with Gasteiger partial charge >= 0.3 is 0 Å². The molecule has 1 N–H and O–H groups in total. The summed E-state index contributed by atoms with van der Waals surface area (Å²) in [5.74, 6) is 0.764. The van der Waals surface area contributed by atoms with Crippen LogP contribution in [-0.4, -0.2) is 5.11 Å². The van der Waals surface area contributed by atoms with E-state index in [4.69, 9.17) is 0 Å². The molecule has 1 aromatic carbocycles.